The van der Waals surface area contributed by atoms with Crippen LogP contribution in [0.25, 0.3) is 0 Å². The molecule has 0 aliphatic rings. The Labute approximate surface area is 112 Å². The van der Waals surface area contributed by atoms with Gasteiger partial charge in [0.25, 0.3) is 0 Å². The minimum Gasteiger partial charge on any atom is -0.748 e. The molecule has 0 bridgehead atoms. The molecular weight excluding hydrogens is 219 g/mol. The summed E-state index contributed by atoms with van der Waals surface area (Å²) in [4.78, 5) is 0. The largest absolute Gasteiger partial charge is 1.00 e. The molecule has 0 amide bonds. The van der Waals surface area contributed by atoms with Gasteiger partial charge < -0.3 is 4.55 Å². The standard InChI is InChI=1S/C11H24O3S.Li/c1-11(2)9-7-5-3-4-6-8-10-15(12,13)14;/h11H,3-10H2,1-2H3,(H,12,13,14);/q;+1/p-1. The fourth-order valence-corrected chi connectivity index (χ4v) is 2.10. The van der Waals surface area contributed by atoms with E-state index in [1.54, 1.807) is 0 Å². The van der Waals surface area contributed by atoms with Crippen molar-refractivity contribution >= 4 is 10.1 Å². The second kappa shape index (κ2) is 10.6. The Balaban J connectivity index is 0. The van der Waals surface area contributed by atoms with E-state index < -0.39 is 10.1 Å². The third kappa shape index (κ3) is 16.9. The Morgan fingerprint density at radius 3 is 1.81 bits per heavy atom. The van der Waals surface area contributed by atoms with E-state index in [9.17, 15) is 13.0 Å². The van der Waals surface area contributed by atoms with Gasteiger partial charge in [0, 0.05) is 5.75 Å². The average Bonchev–Trinajstić information content (AvgIpc) is 2.07. The fourth-order valence-electron chi connectivity index (χ4n) is 1.54. The van der Waals surface area contributed by atoms with Crippen LogP contribution >= 0.6 is 0 Å². The molecule has 92 valence electrons. The Bertz CT molecular complexity index is 238. The summed E-state index contributed by atoms with van der Waals surface area (Å²) >= 11 is 0. The molecule has 0 aromatic carbocycles. The van der Waals surface area contributed by atoms with Crippen LogP contribution in [0.5, 0.6) is 0 Å². The maximum atomic E-state index is 10.3. The first-order chi connectivity index (χ1) is 6.92. The van der Waals surface area contributed by atoms with E-state index in [-0.39, 0.29) is 24.6 Å². The topological polar surface area (TPSA) is 57.2 Å². The summed E-state index contributed by atoms with van der Waals surface area (Å²) < 4.78 is 30.9. The van der Waals surface area contributed by atoms with E-state index in [1.807, 2.05) is 0 Å². The molecule has 0 fully saturated rings. The van der Waals surface area contributed by atoms with E-state index in [2.05, 4.69) is 13.8 Å². The van der Waals surface area contributed by atoms with Gasteiger partial charge >= 0.3 is 18.9 Å². The molecule has 5 heteroatoms. The molecule has 0 heterocycles. The number of unbranched alkanes of at least 4 members (excludes halogenated alkanes) is 5. The summed E-state index contributed by atoms with van der Waals surface area (Å²) in [6, 6.07) is 0. The van der Waals surface area contributed by atoms with Crippen LogP contribution in [0.15, 0.2) is 0 Å². The van der Waals surface area contributed by atoms with E-state index in [0.29, 0.717) is 6.42 Å². The van der Waals surface area contributed by atoms with Crippen LogP contribution in [0.3, 0.4) is 0 Å². The van der Waals surface area contributed by atoms with E-state index >= 15 is 0 Å². The number of hydrogen-bond donors (Lipinski definition) is 0. The van der Waals surface area contributed by atoms with Gasteiger partial charge in [-0.1, -0.05) is 52.4 Å². The predicted molar refractivity (Wildman–Crippen MR) is 61.7 cm³/mol. The van der Waals surface area contributed by atoms with E-state index in [0.717, 1.165) is 25.2 Å². The van der Waals surface area contributed by atoms with E-state index in [4.69, 9.17) is 0 Å². The van der Waals surface area contributed by atoms with Crippen molar-refractivity contribution in [1.82, 2.24) is 0 Å². The summed E-state index contributed by atoms with van der Waals surface area (Å²) in [5.41, 5.74) is 0. The van der Waals surface area contributed by atoms with Crippen LogP contribution < -0.4 is 18.9 Å². The smallest absolute Gasteiger partial charge is 0.748 e. The third-order valence-corrected chi connectivity index (χ3v) is 3.21. The second-order valence-electron chi connectivity index (χ2n) is 4.57. The minimum atomic E-state index is -3.98. The second-order valence-corrected chi connectivity index (χ2v) is 6.09. The monoisotopic (exact) mass is 242 g/mol. The maximum absolute atomic E-state index is 10.3. The molecule has 3 nitrogen and oxygen atoms in total. The molecule has 0 saturated heterocycles. The van der Waals surface area contributed by atoms with Crippen molar-refractivity contribution in [3.63, 3.8) is 0 Å². The predicted octanol–water partition coefficient (Wildman–Crippen LogP) is -0.0777. The first kappa shape index (κ1) is 18.9. The van der Waals surface area contributed by atoms with Crippen molar-refractivity contribution in [2.45, 2.75) is 58.8 Å². The molecule has 0 N–H and O–H groups in total. The zero-order valence-electron chi connectivity index (χ0n) is 10.9. The summed E-state index contributed by atoms with van der Waals surface area (Å²) in [6.07, 6.45) is 7.35. The zero-order valence-corrected chi connectivity index (χ0v) is 11.7. The number of hydrogen-bond acceptors (Lipinski definition) is 3. The van der Waals surface area contributed by atoms with Crippen molar-refractivity contribution in [3.05, 3.63) is 0 Å². The normalized spacial score (nSPS) is 11.5. The first-order valence-electron chi connectivity index (χ1n) is 5.85. The van der Waals surface area contributed by atoms with Gasteiger partial charge in [0.2, 0.25) is 0 Å². The van der Waals surface area contributed by atoms with Crippen molar-refractivity contribution in [2.24, 2.45) is 5.92 Å². The van der Waals surface area contributed by atoms with Gasteiger partial charge in [-0.15, -0.1) is 0 Å². The minimum absolute atomic E-state index is 0. The van der Waals surface area contributed by atoms with Gasteiger partial charge in [0.15, 0.2) is 0 Å². The molecule has 0 spiro atoms. The summed E-state index contributed by atoms with van der Waals surface area (Å²) in [6.45, 7) is 4.44. The van der Waals surface area contributed by atoms with Gasteiger partial charge in [0.05, 0.1) is 10.1 Å². The Morgan fingerprint density at radius 2 is 1.38 bits per heavy atom. The van der Waals surface area contributed by atoms with Gasteiger partial charge in [-0.05, 0) is 12.3 Å². The van der Waals surface area contributed by atoms with Gasteiger partial charge in [-0.2, -0.15) is 0 Å². The maximum Gasteiger partial charge on any atom is 1.00 e. The number of rotatable bonds is 9. The molecule has 0 radical (unpaired) electrons. The summed E-state index contributed by atoms with van der Waals surface area (Å²) in [5, 5.41) is 0. The molecule has 0 rings (SSSR count). The van der Waals surface area contributed by atoms with Crippen LogP contribution in [0.1, 0.15) is 58.8 Å². The van der Waals surface area contributed by atoms with Crippen LogP contribution in [0.2, 0.25) is 0 Å². The van der Waals surface area contributed by atoms with Crippen LogP contribution in [0, 0.1) is 5.92 Å². The average molecular weight is 242 g/mol. The van der Waals surface area contributed by atoms with Crippen molar-refractivity contribution in [2.75, 3.05) is 5.75 Å². The molecular formula is C11H23LiO3S. The molecule has 0 aliphatic heterocycles. The Morgan fingerprint density at radius 1 is 0.938 bits per heavy atom. The molecule has 0 saturated carbocycles. The zero-order chi connectivity index (χ0) is 11.7. The molecule has 0 unspecified atom stereocenters. The quantitative estimate of drug-likeness (QED) is 0.323. The van der Waals surface area contributed by atoms with Gasteiger partial charge in [-0.25, -0.2) is 8.42 Å². The van der Waals surface area contributed by atoms with Crippen LogP contribution in [-0.4, -0.2) is 18.7 Å². The molecule has 0 atom stereocenters. The van der Waals surface area contributed by atoms with E-state index in [1.165, 1.54) is 19.3 Å². The van der Waals surface area contributed by atoms with Crippen LogP contribution in [-0.2, 0) is 10.1 Å². The summed E-state index contributed by atoms with van der Waals surface area (Å²) in [5.74, 6) is 0.578. The molecule has 0 aromatic heterocycles. The first-order valence-corrected chi connectivity index (χ1v) is 7.43. The van der Waals surface area contributed by atoms with Gasteiger partial charge in [-0.3, -0.25) is 0 Å². The van der Waals surface area contributed by atoms with Gasteiger partial charge in [0.1, 0.15) is 0 Å². The summed E-state index contributed by atoms with van der Waals surface area (Å²) in [7, 11) is -3.98. The van der Waals surface area contributed by atoms with Crippen molar-refractivity contribution in [1.29, 1.82) is 0 Å². The van der Waals surface area contributed by atoms with Crippen LogP contribution in [0.4, 0.5) is 0 Å². The Hall–Kier alpha value is 0.507. The SMILES string of the molecule is CC(C)CCCCCCCCS(=O)(=O)[O-].[Li+]. The molecule has 16 heavy (non-hydrogen) atoms. The van der Waals surface area contributed by atoms with Crippen molar-refractivity contribution in [3.8, 4) is 0 Å². The third-order valence-electron chi connectivity index (χ3n) is 2.43. The van der Waals surface area contributed by atoms with Crippen molar-refractivity contribution < 1.29 is 31.8 Å². The molecule has 0 aliphatic carbocycles. The Kier molecular flexibility index (Phi) is 12.6. The fraction of sp³-hybridized carbons (Fsp3) is 1.00. The molecule has 0 aromatic rings.